The molecular weight excluding hydrogens is 358 g/mol. The molecule has 138 valence electrons. The summed E-state index contributed by atoms with van der Waals surface area (Å²) in [6.45, 7) is 0. The van der Waals surface area contributed by atoms with Gasteiger partial charge >= 0.3 is 0 Å². The molecule has 0 aliphatic carbocycles. The van der Waals surface area contributed by atoms with Crippen LogP contribution in [-0.2, 0) is 0 Å². The van der Waals surface area contributed by atoms with Crippen LogP contribution < -0.4 is 10.6 Å². The number of hydrogen-bond acceptors (Lipinski definition) is 5. The molecule has 0 aliphatic heterocycles. The second kappa shape index (κ2) is 7.20. The van der Waals surface area contributed by atoms with Crippen molar-refractivity contribution in [2.45, 2.75) is 0 Å². The number of nitro groups is 1. The van der Waals surface area contributed by atoms with Crippen molar-refractivity contribution in [1.29, 1.82) is 0 Å². The van der Waals surface area contributed by atoms with Crippen LogP contribution in [0.25, 0.3) is 10.9 Å². The van der Waals surface area contributed by atoms with Gasteiger partial charge in [-0.15, -0.1) is 0 Å². The molecule has 8 heteroatoms. The first-order chi connectivity index (χ1) is 13.6. The van der Waals surface area contributed by atoms with E-state index in [4.69, 9.17) is 0 Å². The zero-order valence-electron chi connectivity index (χ0n) is 14.5. The van der Waals surface area contributed by atoms with E-state index in [0.717, 1.165) is 16.6 Å². The van der Waals surface area contributed by atoms with Gasteiger partial charge in [-0.05, 0) is 42.5 Å². The lowest BCUT2D eigenvalue weighted by Crippen LogP contribution is -2.12. The number of carbonyl (C=O) groups excluding carboxylic acids is 1. The van der Waals surface area contributed by atoms with Gasteiger partial charge in [-0.2, -0.15) is 5.10 Å². The number of hydrogen-bond donors (Lipinski definition) is 3. The van der Waals surface area contributed by atoms with Gasteiger partial charge in [-0.3, -0.25) is 20.0 Å². The van der Waals surface area contributed by atoms with Crippen molar-refractivity contribution < 1.29 is 9.72 Å². The highest BCUT2D eigenvalue weighted by Crippen LogP contribution is 2.29. The van der Waals surface area contributed by atoms with E-state index >= 15 is 0 Å². The number of rotatable bonds is 5. The third-order valence-electron chi connectivity index (χ3n) is 4.21. The number of para-hydroxylation sites is 1. The predicted molar refractivity (Wildman–Crippen MR) is 107 cm³/mol. The molecule has 4 rings (SSSR count). The Morgan fingerprint density at radius 1 is 1.00 bits per heavy atom. The molecule has 1 aromatic heterocycles. The summed E-state index contributed by atoms with van der Waals surface area (Å²) >= 11 is 0. The number of anilines is 3. The second-order valence-corrected chi connectivity index (χ2v) is 6.11. The van der Waals surface area contributed by atoms with Crippen molar-refractivity contribution in [3.8, 4) is 0 Å². The fraction of sp³-hybridized carbons (Fsp3) is 0. The van der Waals surface area contributed by atoms with Gasteiger partial charge in [0.05, 0.1) is 16.6 Å². The lowest BCUT2D eigenvalue weighted by Gasteiger charge is -2.09. The monoisotopic (exact) mass is 373 g/mol. The number of amides is 1. The van der Waals surface area contributed by atoms with Gasteiger partial charge in [0, 0.05) is 28.4 Å². The van der Waals surface area contributed by atoms with Gasteiger partial charge in [-0.25, -0.2) is 0 Å². The Morgan fingerprint density at radius 3 is 2.61 bits per heavy atom. The quantitative estimate of drug-likeness (QED) is 0.353. The number of nitro benzene ring substituents is 1. The number of H-pyrrole nitrogens is 1. The van der Waals surface area contributed by atoms with Crippen molar-refractivity contribution in [1.82, 2.24) is 10.2 Å². The van der Waals surface area contributed by atoms with E-state index in [1.165, 1.54) is 12.1 Å². The van der Waals surface area contributed by atoms with Gasteiger partial charge < -0.3 is 10.6 Å². The van der Waals surface area contributed by atoms with Crippen LogP contribution in [-0.4, -0.2) is 21.0 Å². The molecule has 4 aromatic rings. The van der Waals surface area contributed by atoms with Crippen molar-refractivity contribution in [2.24, 2.45) is 0 Å². The van der Waals surface area contributed by atoms with Crippen molar-refractivity contribution in [3.63, 3.8) is 0 Å². The summed E-state index contributed by atoms with van der Waals surface area (Å²) in [6, 6.07) is 18.8. The highest BCUT2D eigenvalue weighted by Gasteiger charge is 2.18. The summed E-state index contributed by atoms with van der Waals surface area (Å²) in [5.74, 6) is -0.437. The van der Waals surface area contributed by atoms with E-state index < -0.39 is 10.8 Å². The van der Waals surface area contributed by atoms with Gasteiger partial charge in [0.2, 0.25) is 0 Å². The minimum atomic E-state index is -0.515. The summed E-state index contributed by atoms with van der Waals surface area (Å²) in [7, 11) is 0. The number of nitrogens with zero attached hydrogens (tertiary/aromatic N) is 2. The van der Waals surface area contributed by atoms with Crippen molar-refractivity contribution in [2.75, 3.05) is 10.6 Å². The summed E-state index contributed by atoms with van der Waals surface area (Å²) < 4.78 is 0. The van der Waals surface area contributed by atoms with E-state index in [9.17, 15) is 14.9 Å². The molecule has 3 aromatic carbocycles. The molecule has 8 nitrogen and oxygen atoms in total. The van der Waals surface area contributed by atoms with Gasteiger partial charge in [0.1, 0.15) is 5.69 Å². The Bertz CT molecular complexity index is 1170. The molecule has 0 spiro atoms. The topological polar surface area (TPSA) is 113 Å². The minimum Gasteiger partial charge on any atom is -0.350 e. The number of nitrogens with one attached hydrogen (secondary N) is 3. The molecule has 1 amide bonds. The third kappa shape index (κ3) is 3.51. The molecule has 0 fully saturated rings. The highest BCUT2D eigenvalue weighted by atomic mass is 16.6. The summed E-state index contributed by atoms with van der Waals surface area (Å²) in [6.07, 6.45) is 1.68. The van der Waals surface area contributed by atoms with Crippen LogP contribution in [0.4, 0.5) is 22.7 Å². The molecule has 0 atom stereocenters. The molecule has 28 heavy (non-hydrogen) atoms. The predicted octanol–water partition coefficient (Wildman–Crippen LogP) is 4.47. The van der Waals surface area contributed by atoms with Gasteiger partial charge in [-0.1, -0.05) is 18.2 Å². The Hall–Kier alpha value is -4.20. The van der Waals surface area contributed by atoms with Crippen LogP contribution in [0, 0.1) is 10.1 Å². The van der Waals surface area contributed by atoms with E-state index in [-0.39, 0.29) is 11.3 Å². The molecule has 3 N–H and O–H groups in total. The maximum absolute atomic E-state index is 12.6. The first kappa shape index (κ1) is 17.2. The number of aromatic nitrogens is 2. The van der Waals surface area contributed by atoms with E-state index in [0.29, 0.717) is 11.4 Å². The van der Waals surface area contributed by atoms with Crippen LogP contribution in [0.2, 0.25) is 0 Å². The Balaban J connectivity index is 1.59. The standard InChI is InChI=1S/C20H15N5O3/c26-20(23-16-8-6-14-12-21-24-18(14)11-16)13-7-9-17(19(10-13)25(27)28)22-15-4-2-1-3-5-15/h1-12,22H,(H,21,24)(H,23,26). The number of carbonyl (C=O) groups is 1. The molecular formula is C20H15N5O3. The lowest BCUT2D eigenvalue weighted by atomic mass is 10.1. The molecule has 0 saturated heterocycles. The summed E-state index contributed by atoms with van der Waals surface area (Å²) in [5.41, 5.74) is 2.39. The number of aromatic amines is 1. The molecule has 0 bridgehead atoms. The fourth-order valence-corrected chi connectivity index (χ4v) is 2.82. The minimum absolute atomic E-state index is 0.180. The molecule has 1 heterocycles. The molecule has 0 saturated carbocycles. The maximum atomic E-state index is 12.6. The largest absolute Gasteiger partial charge is 0.350 e. The first-order valence-corrected chi connectivity index (χ1v) is 8.45. The average molecular weight is 373 g/mol. The zero-order chi connectivity index (χ0) is 19.5. The van der Waals surface area contributed by atoms with Crippen molar-refractivity contribution >= 4 is 39.6 Å². The number of benzene rings is 3. The molecule has 0 aliphatic rings. The summed E-state index contributed by atoms with van der Waals surface area (Å²) in [5, 5.41) is 24.9. The Labute approximate surface area is 159 Å². The second-order valence-electron chi connectivity index (χ2n) is 6.11. The number of fused-ring (bicyclic) bond motifs is 1. The fourth-order valence-electron chi connectivity index (χ4n) is 2.82. The molecule has 0 unspecified atom stereocenters. The Kier molecular flexibility index (Phi) is 4.43. The zero-order valence-corrected chi connectivity index (χ0v) is 14.5. The third-order valence-corrected chi connectivity index (χ3v) is 4.21. The Morgan fingerprint density at radius 2 is 1.82 bits per heavy atom. The smallest absolute Gasteiger partial charge is 0.293 e. The maximum Gasteiger partial charge on any atom is 0.293 e. The van der Waals surface area contributed by atoms with Crippen LogP contribution >= 0.6 is 0 Å². The van der Waals surface area contributed by atoms with Crippen molar-refractivity contribution in [3.05, 3.63) is 88.6 Å². The summed E-state index contributed by atoms with van der Waals surface area (Å²) in [4.78, 5) is 23.5. The van der Waals surface area contributed by atoms with Crippen LogP contribution in [0.3, 0.4) is 0 Å². The SMILES string of the molecule is O=C(Nc1ccc2cn[nH]c2c1)c1ccc(Nc2ccccc2)c([N+](=O)[O-])c1. The van der Waals surface area contributed by atoms with E-state index in [1.807, 2.05) is 24.3 Å². The first-order valence-electron chi connectivity index (χ1n) is 8.45. The van der Waals surface area contributed by atoms with Gasteiger partial charge in [0.25, 0.3) is 11.6 Å². The normalized spacial score (nSPS) is 10.6. The van der Waals surface area contributed by atoms with E-state index in [2.05, 4.69) is 20.8 Å². The lowest BCUT2D eigenvalue weighted by molar-refractivity contribution is -0.383. The van der Waals surface area contributed by atoms with Crippen LogP contribution in [0.1, 0.15) is 10.4 Å². The van der Waals surface area contributed by atoms with Gasteiger partial charge in [0.15, 0.2) is 0 Å². The average Bonchev–Trinajstić information content (AvgIpc) is 3.16. The van der Waals surface area contributed by atoms with Crippen LogP contribution in [0.15, 0.2) is 72.9 Å². The molecule has 0 radical (unpaired) electrons. The van der Waals surface area contributed by atoms with Crippen LogP contribution in [0.5, 0.6) is 0 Å². The van der Waals surface area contributed by atoms with E-state index in [1.54, 1.807) is 36.5 Å². The highest BCUT2D eigenvalue weighted by molar-refractivity contribution is 6.05.